The molecule has 4 heterocycles. The Bertz CT molecular complexity index is 1710. The number of rotatable bonds is 7. The molecule has 2 saturated heterocycles. The summed E-state index contributed by atoms with van der Waals surface area (Å²) in [5.74, 6) is 1.36. The zero-order chi connectivity index (χ0) is 30.4. The summed E-state index contributed by atoms with van der Waals surface area (Å²) in [6.07, 6.45) is 3.00. The summed E-state index contributed by atoms with van der Waals surface area (Å²) in [5.41, 5.74) is 2.87. The van der Waals surface area contributed by atoms with Crippen molar-refractivity contribution in [2.24, 2.45) is 0 Å². The number of halogens is 2. The van der Waals surface area contributed by atoms with Crippen molar-refractivity contribution in [2.45, 2.75) is 56.7 Å². The molecular formula is C34H35ClFN3O5. The molecule has 10 heteroatoms. The molecule has 0 amide bonds. The Hall–Kier alpha value is -3.66. The van der Waals surface area contributed by atoms with E-state index in [1.807, 2.05) is 19.1 Å². The van der Waals surface area contributed by atoms with Crippen LogP contribution in [0.25, 0.3) is 11.0 Å². The molecule has 3 aliphatic heterocycles. The smallest absolute Gasteiger partial charge is 0.335 e. The van der Waals surface area contributed by atoms with E-state index in [-0.39, 0.29) is 17.5 Å². The molecule has 1 N–H and O–H groups in total. The molecule has 230 valence electrons. The summed E-state index contributed by atoms with van der Waals surface area (Å²) < 4.78 is 35.4. The minimum Gasteiger partial charge on any atom is -0.489 e. The topological polar surface area (TPSA) is 86.1 Å². The van der Waals surface area contributed by atoms with Gasteiger partial charge in [0.05, 0.1) is 41.2 Å². The van der Waals surface area contributed by atoms with Gasteiger partial charge in [-0.3, -0.25) is 4.90 Å². The van der Waals surface area contributed by atoms with Crippen LogP contribution in [0.5, 0.6) is 11.5 Å². The number of carboxylic acids is 1. The maximum absolute atomic E-state index is 14.9. The van der Waals surface area contributed by atoms with E-state index in [1.54, 1.807) is 30.3 Å². The Morgan fingerprint density at radius 1 is 1.09 bits per heavy atom. The van der Waals surface area contributed by atoms with Crippen LogP contribution in [0, 0.1) is 5.82 Å². The summed E-state index contributed by atoms with van der Waals surface area (Å²) in [7, 11) is 0. The Kier molecular flexibility index (Phi) is 7.72. The van der Waals surface area contributed by atoms with Gasteiger partial charge in [0, 0.05) is 22.8 Å². The van der Waals surface area contributed by atoms with E-state index >= 15 is 0 Å². The van der Waals surface area contributed by atoms with Gasteiger partial charge in [0.25, 0.3) is 0 Å². The fraction of sp³-hybridized carbons (Fsp3) is 0.412. The van der Waals surface area contributed by atoms with Crippen molar-refractivity contribution in [1.29, 1.82) is 0 Å². The lowest BCUT2D eigenvalue weighted by molar-refractivity contribution is -0.0592. The van der Waals surface area contributed by atoms with E-state index in [9.17, 15) is 14.3 Å². The van der Waals surface area contributed by atoms with Gasteiger partial charge in [-0.1, -0.05) is 29.8 Å². The van der Waals surface area contributed by atoms with Crippen molar-refractivity contribution in [3.05, 3.63) is 88.0 Å². The lowest BCUT2D eigenvalue weighted by Gasteiger charge is -2.33. The summed E-state index contributed by atoms with van der Waals surface area (Å²) in [5, 5.41) is 9.91. The minimum atomic E-state index is -0.946. The second-order valence-electron chi connectivity index (χ2n) is 12.4. The van der Waals surface area contributed by atoms with Gasteiger partial charge in [-0.15, -0.1) is 0 Å². The first kappa shape index (κ1) is 29.1. The SMILES string of the molecule is CC1(c2ccc(Cl)cc2F)COc2cccc(C3CCN(Cc4nc5ccc(C(=O)O)cc5n4C[C@@H]4CCO4)CC3)c2OC1. The minimum absolute atomic E-state index is 0.124. The van der Waals surface area contributed by atoms with Crippen LogP contribution in [0.3, 0.4) is 0 Å². The number of carboxylic acid groups (broad SMARTS) is 1. The lowest BCUT2D eigenvalue weighted by Crippen LogP contribution is -2.36. The van der Waals surface area contributed by atoms with Gasteiger partial charge in [-0.25, -0.2) is 14.2 Å². The summed E-state index contributed by atoms with van der Waals surface area (Å²) in [4.78, 5) is 19.0. The van der Waals surface area contributed by atoms with E-state index in [0.29, 0.717) is 48.6 Å². The molecular weight excluding hydrogens is 585 g/mol. The van der Waals surface area contributed by atoms with Gasteiger partial charge in [0.15, 0.2) is 11.5 Å². The van der Waals surface area contributed by atoms with Crippen LogP contribution in [0.4, 0.5) is 4.39 Å². The number of benzene rings is 3. The molecule has 0 bridgehead atoms. The van der Waals surface area contributed by atoms with Crippen LogP contribution in [0.1, 0.15) is 59.4 Å². The number of aromatic nitrogens is 2. The quantitative estimate of drug-likeness (QED) is 0.255. The highest BCUT2D eigenvalue weighted by molar-refractivity contribution is 6.30. The molecule has 44 heavy (non-hydrogen) atoms. The number of carbonyl (C=O) groups is 1. The molecule has 1 unspecified atom stereocenters. The Morgan fingerprint density at radius 3 is 2.61 bits per heavy atom. The molecule has 2 atom stereocenters. The highest BCUT2D eigenvalue weighted by Gasteiger charge is 2.36. The second kappa shape index (κ2) is 11.7. The molecule has 0 aliphatic carbocycles. The number of hydrogen-bond acceptors (Lipinski definition) is 6. The van der Waals surface area contributed by atoms with Crippen LogP contribution >= 0.6 is 11.6 Å². The van der Waals surface area contributed by atoms with E-state index in [2.05, 4.69) is 15.5 Å². The molecule has 3 aliphatic rings. The van der Waals surface area contributed by atoms with Crippen LogP contribution in [-0.4, -0.2) is 64.5 Å². The fourth-order valence-corrected chi connectivity index (χ4v) is 6.79. The molecule has 3 aromatic carbocycles. The van der Waals surface area contributed by atoms with Crippen molar-refractivity contribution < 1.29 is 28.5 Å². The highest BCUT2D eigenvalue weighted by Crippen LogP contribution is 2.44. The van der Waals surface area contributed by atoms with E-state index in [1.165, 1.54) is 6.07 Å². The van der Waals surface area contributed by atoms with Crippen LogP contribution in [0.15, 0.2) is 54.6 Å². The van der Waals surface area contributed by atoms with Crippen molar-refractivity contribution in [2.75, 3.05) is 32.9 Å². The molecule has 2 fully saturated rings. The summed E-state index contributed by atoms with van der Waals surface area (Å²) in [6, 6.07) is 15.9. The monoisotopic (exact) mass is 619 g/mol. The molecule has 0 spiro atoms. The zero-order valence-electron chi connectivity index (χ0n) is 24.6. The number of hydrogen-bond donors (Lipinski definition) is 1. The van der Waals surface area contributed by atoms with Gasteiger partial charge in [-0.2, -0.15) is 0 Å². The molecule has 0 saturated carbocycles. The van der Waals surface area contributed by atoms with Crippen molar-refractivity contribution in [1.82, 2.24) is 14.5 Å². The first-order valence-corrected chi connectivity index (χ1v) is 15.6. The molecule has 1 aromatic heterocycles. The Morgan fingerprint density at radius 2 is 1.89 bits per heavy atom. The average Bonchev–Trinajstić information content (AvgIpc) is 3.22. The lowest BCUT2D eigenvalue weighted by atomic mass is 9.83. The van der Waals surface area contributed by atoms with Gasteiger partial charge in [0.2, 0.25) is 0 Å². The third kappa shape index (κ3) is 5.53. The van der Waals surface area contributed by atoms with Crippen molar-refractivity contribution in [3.8, 4) is 11.5 Å². The van der Waals surface area contributed by atoms with Gasteiger partial charge in [0.1, 0.15) is 24.9 Å². The predicted octanol–water partition coefficient (Wildman–Crippen LogP) is 6.42. The number of imidazole rings is 1. The second-order valence-corrected chi connectivity index (χ2v) is 12.9. The Balaban J connectivity index is 1.06. The average molecular weight is 620 g/mol. The van der Waals surface area contributed by atoms with E-state index in [0.717, 1.165) is 67.1 Å². The zero-order valence-corrected chi connectivity index (χ0v) is 25.4. The third-order valence-electron chi connectivity index (χ3n) is 9.32. The number of para-hydroxylation sites is 1. The molecule has 7 rings (SSSR count). The van der Waals surface area contributed by atoms with Crippen LogP contribution in [-0.2, 0) is 23.2 Å². The first-order valence-electron chi connectivity index (χ1n) is 15.2. The number of fused-ring (bicyclic) bond motifs is 2. The number of nitrogens with zero attached hydrogens (tertiary/aromatic N) is 3. The predicted molar refractivity (Wildman–Crippen MR) is 164 cm³/mol. The van der Waals surface area contributed by atoms with Gasteiger partial charge in [-0.05, 0) is 81.6 Å². The first-order chi connectivity index (χ1) is 21.3. The van der Waals surface area contributed by atoms with Crippen LogP contribution < -0.4 is 9.47 Å². The van der Waals surface area contributed by atoms with Crippen molar-refractivity contribution in [3.63, 3.8) is 0 Å². The molecule has 4 aromatic rings. The van der Waals surface area contributed by atoms with Crippen LogP contribution in [0.2, 0.25) is 5.02 Å². The van der Waals surface area contributed by atoms with Gasteiger partial charge >= 0.3 is 5.97 Å². The van der Waals surface area contributed by atoms with E-state index in [4.69, 9.17) is 30.8 Å². The molecule has 8 nitrogen and oxygen atoms in total. The third-order valence-corrected chi connectivity index (χ3v) is 9.55. The van der Waals surface area contributed by atoms with E-state index < -0.39 is 11.4 Å². The van der Waals surface area contributed by atoms with Crippen molar-refractivity contribution >= 4 is 28.6 Å². The summed E-state index contributed by atoms with van der Waals surface area (Å²) >= 11 is 6.00. The summed E-state index contributed by atoms with van der Waals surface area (Å²) in [6.45, 7) is 6.40. The maximum Gasteiger partial charge on any atom is 0.335 e. The molecule has 0 radical (unpaired) electrons. The number of piperidine rings is 1. The normalized spacial score (nSPS) is 22.5. The fourth-order valence-electron chi connectivity index (χ4n) is 6.63. The Labute approximate surface area is 260 Å². The number of aromatic carboxylic acids is 1. The highest BCUT2D eigenvalue weighted by atomic mass is 35.5. The largest absolute Gasteiger partial charge is 0.489 e. The number of likely N-dealkylation sites (tertiary alicyclic amines) is 1. The standard InChI is InChI=1S/C34H35ClFN3O5/c1-34(26-7-6-23(35)16-27(26)36)19-43-30-4-2-3-25(32(30)44-20-34)21-9-12-38(13-10-21)18-31-37-28-8-5-22(33(40)41)15-29(28)39(31)17-24-11-14-42-24/h2-8,15-16,21,24H,9-14,17-20H2,1H3,(H,40,41)/t24-,34?/m0/s1. The number of ether oxygens (including phenoxy) is 3. The van der Waals surface area contributed by atoms with Gasteiger partial charge < -0.3 is 23.9 Å². The maximum atomic E-state index is 14.9.